The predicted molar refractivity (Wildman–Crippen MR) is 132 cm³/mol. The number of sulfonamides is 1. The van der Waals surface area contributed by atoms with Crippen molar-refractivity contribution in [2.45, 2.75) is 44.9 Å². The second-order valence-corrected chi connectivity index (χ2v) is 10.8. The van der Waals surface area contributed by atoms with Crippen molar-refractivity contribution in [3.63, 3.8) is 0 Å². The zero-order valence-electron chi connectivity index (χ0n) is 19.5. The fraction of sp³-hybridized carbons (Fsp3) is 0.250. The summed E-state index contributed by atoms with van der Waals surface area (Å²) in [5, 5.41) is 0.0551. The van der Waals surface area contributed by atoms with Gasteiger partial charge in [0.25, 0.3) is 15.9 Å². The lowest BCUT2D eigenvalue weighted by molar-refractivity contribution is -0.107. The molecular weight excluding hydrogens is 476 g/mol. The van der Waals surface area contributed by atoms with E-state index in [-0.39, 0.29) is 38.1 Å². The highest BCUT2D eigenvalue weighted by Gasteiger charge is 2.26. The number of carbonyl (C=O) groups is 2. The lowest BCUT2D eigenvalue weighted by Gasteiger charge is -2.20. The van der Waals surface area contributed by atoms with Crippen molar-refractivity contribution in [2.75, 3.05) is 9.62 Å². The quantitative estimate of drug-likeness (QED) is 0.493. The van der Waals surface area contributed by atoms with Crippen LogP contribution in [0.2, 0.25) is 5.02 Å². The lowest BCUT2D eigenvalue weighted by Crippen LogP contribution is -2.32. The van der Waals surface area contributed by atoms with Crippen molar-refractivity contribution in [1.82, 2.24) is 9.97 Å². The molecule has 1 aromatic heterocycles. The Morgan fingerprint density at radius 1 is 1.06 bits per heavy atom. The molecule has 10 heteroatoms. The number of hydrogen-bond donors (Lipinski definition) is 1. The Labute approximate surface area is 204 Å². The third-order valence-corrected chi connectivity index (χ3v) is 6.92. The zero-order chi connectivity index (χ0) is 25.3. The Morgan fingerprint density at radius 3 is 2.26 bits per heavy atom. The Hall–Kier alpha value is -3.30. The third kappa shape index (κ3) is 5.26. The summed E-state index contributed by atoms with van der Waals surface area (Å²) in [6.45, 7) is 9.35. The van der Waals surface area contributed by atoms with Crippen LogP contribution in [-0.4, -0.2) is 30.7 Å². The van der Waals surface area contributed by atoms with Gasteiger partial charge in [0.2, 0.25) is 12.4 Å². The predicted octanol–water partition coefficient (Wildman–Crippen LogP) is 4.65. The number of nitrogens with zero attached hydrogens (tertiary/aromatic N) is 3. The van der Waals surface area contributed by atoms with Gasteiger partial charge in [0.05, 0.1) is 21.2 Å². The van der Waals surface area contributed by atoms with Gasteiger partial charge in [-0.3, -0.25) is 14.3 Å². The van der Waals surface area contributed by atoms with E-state index in [1.165, 1.54) is 30.5 Å². The Balaban J connectivity index is 1.98. The molecule has 0 bridgehead atoms. The third-order valence-electron chi connectivity index (χ3n) is 5.22. The van der Waals surface area contributed by atoms with Crippen LogP contribution in [0.15, 0.2) is 53.6 Å². The summed E-state index contributed by atoms with van der Waals surface area (Å²) in [5.41, 5.74) is 1.81. The zero-order valence-corrected chi connectivity index (χ0v) is 21.0. The van der Waals surface area contributed by atoms with Crippen LogP contribution >= 0.6 is 11.6 Å². The van der Waals surface area contributed by atoms with Crippen molar-refractivity contribution in [1.29, 1.82) is 0 Å². The number of aromatic nitrogens is 2. The average molecular weight is 501 g/mol. The van der Waals surface area contributed by atoms with Gasteiger partial charge in [0.1, 0.15) is 0 Å². The molecule has 3 aromatic rings. The molecule has 0 saturated carbocycles. The van der Waals surface area contributed by atoms with Gasteiger partial charge in [-0.1, -0.05) is 44.5 Å². The molecule has 0 spiro atoms. The maximum atomic E-state index is 13.2. The van der Waals surface area contributed by atoms with Crippen LogP contribution < -0.4 is 9.62 Å². The molecule has 1 heterocycles. The molecule has 2 aromatic carbocycles. The number of anilines is 2. The molecule has 8 nitrogen and oxygen atoms in total. The van der Waals surface area contributed by atoms with E-state index in [0.717, 1.165) is 10.5 Å². The van der Waals surface area contributed by atoms with Crippen molar-refractivity contribution < 1.29 is 18.0 Å². The van der Waals surface area contributed by atoms with Gasteiger partial charge in [0, 0.05) is 11.9 Å². The van der Waals surface area contributed by atoms with Crippen molar-refractivity contribution in [3.05, 3.63) is 76.1 Å². The van der Waals surface area contributed by atoms with Gasteiger partial charge in [-0.2, -0.15) is 0 Å². The lowest BCUT2D eigenvalue weighted by atomic mass is 9.87. The van der Waals surface area contributed by atoms with Gasteiger partial charge in [-0.05, 0) is 60.7 Å². The van der Waals surface area contributed by atoms with Crippen molar-refractivity contribution in [3.8, 4) is 0 Å². The summed E-state index contributed by atoms with van der Waals surface area (Å²) < 4.78 is 28.5. The van der Waals surface area contributed by atoms with Gasteiger partial charge in [-0.15, -0.1) is 0 Å². The maximum Gasteiger partial charge on any atom is 0.269 e. The Morgan fingerprint density at radius 2 is 1.71 bits per heavy atom. The molecule has 0 aliphatic heterocycles. The van der Waals surface area contributed by atoms with Gasteiger partial charge in [0.15, 0.2) is 0 Å². The Kier molecular flexibility index (Phi) is 7.09. The van der Waals surface area contributed by atoms with E-state index in [0.29, 0.717) is 12.1 Å². The molecule has 3 rings (SSSR count). The number of benzene rings is 2. The highest BCUT2D eigenvalue weighted by atomic mass is 35.5. The van der Waals surface area contributed by atoms with Crippen LogP contribution in [-0.2, 0) is 20.2 Å². The fourth-order valence-corrected chi connectivity index (χ4v) is 4.66. The first-order valence-electron chi connectivity index (χ1n) is 10.4. The van der Waals surface area contributed by atoms with Crippen molar-refractivity contribution >= 4 is 45.6 Å². The fourth-order valence-electron chi connectivity index (χ4n) is 3.25. The van der Waals surface area contributed by atoms with E-state index in [4.69, 9.17) is 11.6 Å². The number of hydrogen-bond acceptors (Lipinski definition) is 6. The molecule has 0 radical (unpaired) electrons. The van der Waals surface area contributed by atoms with E-state index in [9.17, 15) is 18.0 Å². The van der Waals surface area contributed by atoms with Crippen LogP contribution in [0, 0.1) is 13.8 Å². The number of nitrogens with one attached hydrogen (secondary N) is 1. The van der Waals surface area contributed by atoms with Crippen LogP contribution in [0.4, 0.5) is 11.6 Å². The monoisotopic (exact) mass is 500 g/mol. The van der Waals surface area contributed by atoms with Crippen LogP contribution in [0.3, 0.4) is 0 Å². The molecule has 0 saturated heterocycles. The first kappa shape index (κ1) is 25.3. The summed E-state index contributed by atoms with van der Waals surface area (Å²) in [4.78, 5) is 33.8. The molecule has 178 valence electrons. The molecular formula is C24H25ClN4O4S. The highest BCUT2D eigenvalue weighted by Crippen LogP contribution is 2.30. The van der Waals surface area contributed by atoms with Gasteiger partial charge in [-0.25, -0.2) is 23.3 Å². The second kappa shape index (κ2) is 9.52. The summed E-state index contributed by atoms with van der Waals surface area (Å²) in [5.74, 6) is -0.890. The largest absolute Gasteiger partial charge is 0.279 e. The molecule has 0 aliphatic rings. The van der Waals surface area contributed by atoms with Crippen LogP contribution in [0.5, 0.6) is 0 Å². The number of rotatable bonds is 6. The second-order valence-electron chi connectivity index (χ2n) is 8.75. The van der Waals surface area contributed by atoms with Crippen molar-refractivity contribution in [2.24, 2.45) is 0 Å². The van der Waals surface area contributed by atoms with E-state index in [1.54, 1.807) is 32.0 Å². The first-order chi connectivity index (χ1) is 15.8. The summed E-state index contributed by atoms with van der Waals surface area (Å²) >= 11 is 6.28. The minimum atomic E-state index is -3.95. The Bertz CT molecular complexity index is 1350. The number of aryl methyl sites for hydroxylation is 1. The number of amides is 2. The first-order valence-corrected chi connectivity index (χ1v) is 12.2. The summed E-state index contributed by atoms with van der Waals surface area (Å²) in [7, 11) is -3.95. The average Bonchev–Trinajstić information content (AvgIpc) is 2.76. The molecule has 0 unspecified atom stereocenters. The number of imide groups is 1. The molecule has 0 aliphatic carbocycles. The topological polar surface area (TPSA) is 109 Å². The molecule has 34 heavy (non-hydrogen) atoms. The summed E-state index contributed by atoms with van der Waals surface area (Å²) in [6.07, 6.45) is 1.71. The summed E-state index contributed by atoms with van der Waals surface area (Å²) in [6, 6.07) is 11.1. The van der Waals surface area contributed by atoms with E-state index >= 15 is 0 Å². The molecule has 0 fully saturated rings. The molecule has 2 amide bonds. The van der Waals surface area contributed by atoms with E-state index in [1.807, 2.05) is 20.8 Å². The smallest absolute Gasteiger partial charge is 0.269 e. The van der Waals surface area contributed by atoms with Gasteiger partial charge < -0.3 is 0 Å². The SMILES string of the molecule is Cc1ccnc(N(C=O)C(=O)c2c(Cl)ccc(NS(=O)(=O)c3ccc(C(C)(C)C)cc3)c2C)n1. The standard InChI is InChI=1S/C24H25ClN4O4S/c1-15-12-13-26-23(27-15)29(14-30)22(31)21-16(2)20(11-10-19(21)25)28-34(32,33)18-8-6-17(7-9-18)24(3,4)5/h6-14,28H,1-5H3. The minimum absolute atomic E-state index is 0.0397. The van der Waals surface area contributed by atoms with E-state index < -0.39 is 15.9 Å². The molecule has 0 atom stereocenters. The normalized spacial score (nSPS) is 11.7. The molecule has 1 N–H and O–H groups in total. The van der Waals surface area contributed by atoms with Crippen LogP contribution in [0.1, 0.15) is 48.0 Å². The number of carbonyl (C=O) groups excluding carboxylic acids is 2. The minimum Gasteiger partial charge on any atom is -0.279 e. The highest BCUT2D eigenvalue weighted by molar-refractivity contribution is 7.92. The van der Waals surface area contributed by atoms with Crippen LogP contribution in [0.25, 0.3) is 0 Å². The van der Waals surface area contributed by atoms with Gasteiger partial charge >= 0.3 is 0 Å². The number of halogens is 1. The van der Waals surface area contributed by atoms with E-state index in [2.05, 4.69) is 14.7 Å². The maximum absolute atomic E-state index is 13.2.